The number of rotatable bonds is 4. The Hall–Kier alpha value is -0.290. The van der Waals surface area contributed by atoms with E-state index >= 15 is 0 Å². The average Bonchev–Trinajstić information content (AvgIpc) is 1.78. The van der Waals surface area contributed by atoms with Gasteiger partial charge in [0.2, 0.25) is 0 Å². The third kappa shape index (κ3) is 7.15. The maximum atomic E-state index is 12.1. The summed E-state index contributed by atoms with van der Waals surface area (Å²) < 4.78 is 36.4. The van der Waals surface area contributed by atoms with Gasteiger partial charge in [-0.25, -0.2) is 0 Å². The van der Waals surface area contributed by atoms with Gasteiger partial charge in [-0.15, -0.1) is 0 Å². The zero-order valence-electron chi connectivity index (χ0n) is 9.02. The summed E-state index contributed by atoms with van der Waals surface area (Å²) in [5.41, 5.74) is -1.10. The zero-order valence-corrected chi connectivity index (χ0v) is 9.02. The van der Waals surface area contributed by atoms with Crippen molar-refractivity contribution < 1.29 is 18.3 Å². The Morgan fingerprint density at radius 2 is 1.57 bits per heavy atom. The lowest BCUT2D eigenvalue weighted by Gasteiger charge is -2.32. The van der Waals surface area contributed by atoms with Gasteiger partial charge in [-0.1, -0.05) is 0 Å². The first-order valence-corrected chi connectivity index (χ1v) is 4.54. The highest BCUT2D eigenvalue weighted by Crippen LogP contribution is 2.19. The SMILES string of the molecule is CC(C)N(CC(C)(C)O)CC(F)(F)F. The van der Waals surface area contributed by atoms with E-state index in [0.717, 1.165) is 0 Å². The van der Waals surface area contributed by atoms with E-state index in [-0.39, 0.29) is 12.6 Å². The van der Waals surface area contributed by atoms with Crippen molar-refractivity contribution in [1.29, 1.82) is 0 Å². The third-order valence-electron chi connectivity index (χ3n) is 1.70. The number of hydrogen-bond donors (Lipinski definition) is 1. The van der Waals surface area contributed by atoms with Gasteiger partial charge in [-0.3, -0.25) is 4.90 Å². The van der Waals surface area contributed by atoms with Crippen LogP contribution in [0.15, 0.2) is 0 Å². The molecule has 0 fully saturated rings. The fourth-order valence-corrected chi connectivity index (χ4v) is 1.15. The maximum Gasteiger partial charge on any atom is 0.401 e. The average molecular weight is 213 g/mol. The molecule has 0 radical (unpaired) electrons. The molecule has 1 N–H and O–H groups in total. The number of halogens is 3. The fraction of sp³-hybridized carbons (Fsp3) is 1.00. The first-order chi connectivity index (χ1) is 6.01. The van der Waals surface area contributed by atoms with E-state index in [1.807, 2.05) is 0 Å². The lowest BCUT2D eigenvalue weighted by Crippen LogP contribution is -2.46. The van der Waals surface area contributed by atoms with Crippen LogP contribution < -0.4 is 0 Å². The maximum absolute atomic E-state index is 12.1. The van der Waals surface area contributed by atoms with Crippen molar-refractivity contribution in [3.05, 3.63) is 0 Å². The van der Waals surface area contributed by atoms with Crippen molar-refractivity contribution in [1.82, 2.24) is 4.90 Å². The predicted molar refractivity (Wildman–Crippen MR) is 49.1 cm³/mol. The molecule has 0 aromatic carbocycles. The molecule has 5 heteroatoms. The van der Waals surface area contributed by atoms with Gasteiger partial charge in [0, 0.05) is 12.6 Å². The van der Waals surface area contributed by atoms with E-state index in [4.69, 9.17) is 0 Å². The van der Waals surface area contributed by atoms with E-state index < -0.39 is 18.3 Å². The summed E-state index contributed by atoms with van der Waals surface area (Å²) in [5, 5.41) is 9.42. The lowest BCUT2D eigenvalue weighted by atomic mass is 10.1. The van der Waals surface area contributed by atoms with Gasteiger partial charge in [0.1, 0.15) is 0 Å². The third-order valence-corrected chi connectivity index (χ3v) is 1.70. The Bertz CT molecular complexity index is 156. The van der Waals surface area contributed by atoms with Crippen LogP contribution in [0.3, 0.4) is 0 Å². The summed E-state index contributed by atoms with van der Waals surface area (Å²) in [5.74, 6) is 0. The molecule has 0 atom stereocenters. The molecule has 0 saturated carbocycles. The summed E-state index contributed by atoms with van der Waals surface area (Å²) in [4.78, 5) is 1.21. The number of hydrogen-bond acceptors (Lipinski definition) is 2. The summed E-state index contributed by atoms with van der Waals surface area (Å²) >= 11 is 0. The van der Waals surface area contributed by atoms with E-state index in [1.165, 1.54) is 18.7 Å². The largest absolute Gasteiger partial charge is 0.401 e. The van der Waals surface area contributed by atoms with Crippen molar-refractivity contribution in [2.75, 3.05) is 13.1 Å². The topological polar surface area (TPSA) is 23.5 Å². The predicted octanol–water partition coefficient (Wildman–Crippen LogP) is 2.03. The first kappa shape index (κ1) is 13.7. The van der Waals surface area contributed by atoms with Crippen LogP contribution in [0.4, 0.5) is 13.2 Å². The molecule has 86 valence electrons. The zero-order chi connectivity index (χ0) is 11.6. The normalized spacial score (nSPS) is 14.1. The Morgan fingerprint density at radius 3 is 1.79 bits per heavy atom. The van der Waals surface area contributed by atoms with E-state index in [2.05, 4.69) is 0 Å². The van der Waals surface area contributed by atoms with Gasteiger partial charge in [0.05, 0.1) is 12.1 Å². The molecule has 0 unspecified atom stereocenters. The minimum absolute atomic E-state index is 0.0180. The van der Waals surface area contributed by atoms with Gasteiger partial charge < -0.3 is 5.11 Å². The monoisotopic (exact) mass is 213 g/mol. The smallest absolute Gasteiger partial charge is 0.389 e. The van der Waals surface area contributed by atoms with Crippen LogP contribution in [-0.2, 0) is 0 Å². The van der Waals surface area contributed by atoms with E-state index in [0.29, 0.717) is 0 Å². The van der Waals surface area contributed by atoms with Crippen LogP contribution in [0.25, 0.3) is 0 Å². The molecule has 0 aliphatic rings. The summed E-state index contributed by atoms with van der Waals surface area (Å²) in [6.07, 6.45) is -4.21. The van der Waals surface area contributed by atoms with Gasteiger partial charge in [-0.05, 0) is 27.7 Å². The second-order valence-electron chi connectivity index (χ2n) is 4.43. The van der Waals surface area contributed by atoms with Gasteiger partial charge in [0.25, 0.3) is 0 Å². The fourth-order valence-electron chi connectivity index (χ4n) is 1.15. The molecule has 0 amide bonds. The van der Waals surface area contributed by atoms with Gasteiger partial charge in [0.15, 0.2) is 0 Å². The molecule has 0 aromatic heterocycles. The summed E-state index contributed by atoms with van der Waals surface area (Å²) in [6, 6.07) is -0.233. The van der Waals surface area contributed by atoms with Crippen molar-refractivity contribution in [3.63, 3.8) is 0 Å². The molecule has 0 aliphatic carbocycles. The van der Waals surface area contributed by atoms with Crippen molar-refractivity contribution >= 4 is 0 Å². The van der Waals surface area contributed by atoms with Gasteiger partial charge >= 0.3 is 6.18 Å². The second-order valence-corrected chi connectivity index (χ2v) is 4.43. The minimum atomic E-state index is -4.21. The van der Waals surface area contributed by atoms with Crippen LogP contribution in [0.5, 0.6) is 0 Å². The summed E-state index contributed by atoms with van der Waals surface area (Å²) in [7, 11) is 0. The van der Waals surface area contributed by atoms with E-state index in [1.54, 1.807) is 13.8 Å². The molecular formula is C9H18F3NO. The van der Waals surface area contributed by atoms with Crippen molar-refractivity contribution in [2.24, 2.45) is 0 Å². The quantitative estimate of drug-likeness (QED) is 0.772. The highest BCUT2D eigenvalue weighted by molar-refractivity contribution is 4.76. The first-order valence-electron chi connectivity index (χ1n) is 4.54. The molecule has 0 aliphatic heterocycles. The van der Waals surface area contributed by atoms with E-state index in [9.17, 15) is 18.3 Å². The van der Waals surface area contributed by atoms with Crippen LogP contribution in [0.1, 0.15) is 27.7 Å². The molecule has 0 aromatic rings. The van der Waals surface area contributed by atoms with Crippen LogP contribution >= 0.6 is 0 Å². The number of alkyl halides is 3. The standard InChI is InChI=1S/C9H18F3NO/c1-7(2)13(5-8(3,4)14)6-9(10,11)12/h7,14H,5-6H2,1-4H3. The molecule has 0 saturated heterocycles. The molecule has 2 nitrogen and oxygen atoms in total. The van der Waals surface area contributed by atoms with Crippen LogP contribution in [-0.4, -0.2) is 40.9 Å². The summed E-state index contributed by atoms with van der Waals surface area (Å²) in [6.45, 7) is 5.39. The molecule has 0 bridgehead atoms. The Kier molecular flexibility index (Phi) is 4.39. The highest BCUT2D eigenvalue weighted by Gasteiger charge is 2.33. The molecular weight excluding hydrogens is 195 g/mol. The van der Waals surface area contributed by atoms with Crippen LogP contribution in [0, 0.1) is 0 Å². The molecule has 0 heterocycles. The lowest BCUT2D eigenvalue weighted by molar-refractivity contribution is -0.155. The minimum Gasteiger partial charge on any atom is -0.389 e. The molecule has 0 spiro atoms. The number of nitrogens with zero attached hydrogens (tertiary/aromatic N) is 1. The van der Waals surface area contributed by atoms with Gasteiger partial charge in [-0.2, -0.15) is 13.2 Å². The highest BCUT2D eigenvalue weighted by atomic mass is 19.4. The second kappa shape index (κ2) is 4.49. The molecule has 14 heavy (non-hydrogen) atoms. The Morgan fingerprint density at radius 1 is 1.14 bits per heavy atom. The Labute approximate surface area is 82.7 Å². The van der Waals surface area contributed by atoms with Crippen molar-refractivity contribution in [3.8, 4) is 0 Å². The van der Waals surface area contributed by atoms with Crippen molar-refractivity contribution in [2.45, 2.75) is 45.5 Å². The van der Waals surface area contributed by atoms with Crippen LogP contribution in [0.2, 0.25) is 0 Å². The molecule has 0 rings (SSSR count). The number of aliphatic hydroxyl groups is 1. The Balaban J connectivity index is 4.32.